The van der Waals surface area contributed by atoms with Gasteiger partial charge in [-0.3, -0.25) is 4.99 Å². The summed E-state index contributed by atoms with van der Waals surface area (Å²) < 4.78 is 5.27. The van der Waals surface area contributed by atoms with E-state index in [4.69, 9.17) is 4.52 Å². The average Bonchev–Trinajstić information content (AvgIpc) is 3.07. The molecule has 0 aliphatic carbocycles. The van der Waals surface area contributed by atoms with Crippen molar-refractivity contribution in [1.82, 2.24) is 20.8 Å². The van der Waals surface area contributed by atoms with E-state index in [1.165, 1.54) is 16.7 Å². The number of hydrogen-bond acceptors (Lipinski definition) is 4. The molecule has 0 spiro atoms. The van der Waals surface area contributed by atoms with E-state index in [0.29, 0.717) is 11.8 Å². The van der Waals surface area contributed by atoms with E-state index in [0.717, 1.165) is 50.7 Å². The summed E-state index contributed by atoms with van der Waals surface area (Å²) in [5, 5.41) is 10.7. The SMILES string of the molecule is CCNC(=NCCCc1nc(C(C)C)no1)NCCc1cc(C)cc(C)c1.I. The number of halogens is 1. The molecule has 7 heteroatoms. The molecule has 6 nitrogen and oxygen atoms in total. The van der Waals surface area contributed by atoms with Gasteiger partial charge in [-0.1, -0.05) is 48.3 Å². The van der Waals surface area contributed by atoms with Crippen LogP contribution in [0.3, 0.4) is 0 Å². The minimum Gasteiger partial charge on any atom is -0.357 e. The molecule has 0 aliphatic rings. The molecule has 2 aromatic rings. The molecule has 0 radical (unpaired) electrons. The number of rotatable bonds is 9. The molecule has 1 heterocycles. The van der Waals surface area contributed by atoms with E-state index >= 15 is 0 Å². The summed E-state index contributed by atoms with van der Waals surface area (Å²) in [7, 11) is 0. The van der Waals surface area contributed by atoms with E-state index in [1.54, 1.807) is 0 Å². The minimum atomic E-state index is 0. The third-order valence-electron chi connectivity index (χ3n) is 4.15. The minimum absolute atomic E-state index is 0. The highest BCUT2D eigenvalue weighted by Gasteiger charge is 2.09. The van der Waals surface area contributed by atoms with E-state index in [1.807, 2.05) is 0 Å². The quantitative estimate of drug-likeness (QED) is 0.235. The molecular formula is C21H34IN5O. The zero-order valence-corrected chi connectivity index (χ0v) is 20.0. The molecule has 1 aromatic carbocycles. The molecule has 2 N–H and O–H groups in total. The zero-order chi connectivity index (χ0) is 19.6. The van der Waals surface area contributed by atoms with Crippen molar-refractivity contribution >= 4 is 29.9 Å². The van der Waals surface area contributed by atoms with Gasteiger partial charge in [0.1, 0.15) is 0 Å². The van der Waals surface area contributed by atoms with Gasteiger partial charge in [-0.25, -0.2) is 0 Å². The Bertz CT molecular complexity index is 722. The van der Waals surface area contributed by atoms with Crippen LogP contribution in [0.1, 0.15) is 61.5 Å². The first-order valence-electron chi connectivity index (χ1n) is 9.89. The van der Waals surface area contributed by atoms with Crippen molar-refractivity contribution < 1.29 is 4.52 Å². The number of benzene rings is 1. The number of nitrogens with one attached hydrogen (secondary N) is 2. The maximum Gasteiger partial charge on any atom is 0.226 e. The molecule has 28 heavy (non-hydrogen) atoms. The standard InChI is InChI=1S/C21H33N5O.HI/c1-6-22-21(24-11-9-18-13-16(4)12-17(5)14-18)23-10-7-8-19-25-20(15(2)3)26-27-19;/h12-15H,6-11H2,1-5H3,(H2,22,23,24);1H. The molecule has 0 amide bonds. The van der Waals surface area contributed by atoms with Crippen molar-refractivity contribution in [1.29, 1.82) is 0 Å². The van der Waals surface area contributed by atoms with Gasteiger partial charge in [0.15, 0.2) is 11.8 Å². The molecule has 156 valence electrons. The van der Waals surface area contributed by atoms with Crippen LogP contribution < -0.4 is 10.6 Å². The summed E-state index contributed by atoms with van der Waals surface area (Å²) in [5.74, 6) is 2.62. The Morgan fingerprint density at radius 2 is 1.82 bits per heavy atom. The van der Waals surface area contributed by atoms with Crippen LogP contribution >= 0.6 is 24.0 Å². The molecule has 0 aliphatic heterocycles. The van der Waals surface area contributed by atoms with Crippen molar-refractivity contribution in [3.8, 4) is 0 Å². The Kier molecular flexibility index (Phi) is 11.1. The second-order valence-corrected chi connectivity index (χ2v) is 7.24. The summed E-state index contributed by atoms with van der Waals surface area (Å²) in [6.07, 6.45) is 2.62. The lowest BCUT2D eigenvalue weighted by atomic mass is 10.1. The van der Waals surface area contributed by atoms with Crippen molar-refractivity contribution in [2.24, 2.45) is 4.99 Å². The van der Waals surface area contributed by atoms with Crippen LogP contribution in [0.5, 0.6) is 0 Å². The van der Waals surface area contributed by atoms with Gasteiger partial charge in [-0.2, -0.15) is 4.98 Å². The van der Waals surface area contributed by atoms with Gasteiger partial charge in [-0.05, 0) is 39.2 Å². The van der Waals surface area contributed by atoms with E-state index in [-0.39, 0.29) is 24.0 Å². The van der Waals surface area contributed by atoms with Crippen LogP contribution in [0.25, 0.3) is 0 Å². The fourth-order valence-corrected chi connectivity index (χ4v) is 2.91. The summed E-state index contributed by atoms with van der Waals surface area (Å²) >= 11 is 0. The number of nitrogens with zero attached hydrogens (tertiary/aromatic N) is 3. The Morgan fingerprint density at radius 1 is 1.11 bits per heavy atom. The van der Waals surface area contributed by atoms with Gasteiger partial charge >= 0.3 is 0 Å². The topological polar surface area (TPSA) is 75.3 Å². The molecule has 0 bridgehead atoms. The molecule has 1 aromatic heterocycles. The van der Waals surface area contributed by atoms with Crippen LogP contribution in [0.2, 0.25) is 0 Å². The molecule has 0 atom stereocenters. The molecule has 0 saturated carbocycles. The molecule has 2 rings (SSSR count). The number of guanidine groups is 1. The first-order valence-corrected chi connectivity index (χ1v) is 9.89. The molecule has 0 unspecified atom stereocenters. The van der Waals surface area contributed by atoms with Crippen molar-refractivity contribution in [2.45, 2.75) is 59.8 Å². The Balaban J connectivity index is 0.00000392. The summed E-state index contributed by atoms with van der Waals surface area (Å²) in [6.45, 7) is 12.9. The average molecular weight is 499 g/mol. The lowest BCUT2D eigenvalue weighted by Crippen LogP contribution is -2.38. The van der Waals surface area contributed by atoms with Crippen LogP contribution in [0.4, 0.5) is 0 Å². The van der Waals surface area contributed by atoms with Gasteiger partial charge in [0, 0.05) is 32.0 Å². The van der Waals surface area contributed by atoms with Crippen LogP contribution in [-0.2, 0) is 12.8 Å². The van der Waals surface area contributed by atoms with E-state index < -0.39 is 0 Å². The Morgan fingerprint density at radius 3 is 2.43 bits per heavy atom. The largest absolute Gasteiger partial charge is 0.357 e. The second-order valence-electron chi connectivity index (χ2n) is 7.24. The fourth-order valence-electron chi connectivity index (χ4n) is 2.91. The smallest absolute Gasteiger partial charge is 0.226 e. The Hall–Kier alpha value is -1.64. The van der Waals surface area contributed by atoms with Gasteiger partial charge in [-0.15, -0.1) is 24.0 Å². The van der Waals surface area contributed by atoms with Crippen molar-refractivity contribution in [3.63, 3.8) is 0 Å². The highest BCUT2D eigenvalue weighted by Crippen LogP contribution is 2.11. The number of aryl methyl sites for hydroxylation is 3. The van der Waals surface area contributed by atoms with E-state index in [9.17, 15) is 0 Å². The highest BCUT2D eigenvalue weighted by atomic mass is 127. The van der Waals surface area contributed by atoms with Gasteiger partial charge in [0.25, 0.3) is 0 Å². The second kappa shape index (κ2) is 12.7. The fraction of sp³-hybridized carbons (Fsp3) is 0.571. The van der Waals surface area contributed by atoms with Crippen molar-refractivity contribution in [2.75, 3.05) is 19.6 Å². The van der Waals surface area contributed by atoms with Crippen LogP contribution in [-0.4, -0.2) is 35.7 Å². The van der Waals surface area contributed by atoms with Gasteiger partial charge < -0.3 is 15.2 Å². The van der Waals surface area contributed by atoms with Crippen LogP contribution in [0.15, 0.2) is 27.7 Å². The summed E-state index contributed by atoms with van der Waals surface area (Å²) in [4.78, 5) is 9.04. The zero-order valence-electron chi connectivity index (χ0n) is 17.7. The highest BCUT2D eigenvalue weighted by molar-refractivity contribution is 14.0. The van der Waals surface area contributed by atoms with Crippen LogP contribution in [0, 0.1) is 13.8 Å². The third kappa shape index (κ3) is 8.58. The first kappa shape index (κ1) is 24.4. The van der Waals surface area contributed by atoms with E-state index in [2.05, 4.69) is 78.6 Å². The number of aromatic nitrogens is 2. The summed E-state index contributed by atoms with van der Waals surface area (Å²) in [6, 6.07) is 6.69. The molecule has 0 fully saturated rings. The summed E-state index contributed by atoms with van der Waals surface area (Å²) in [5.41, 5.74) is 3.98. The number of aliphatic imine (C=N–C) groups is 1. The predicted molar refractivity (Wildman–Crippen MR) is 126 cm³/mol. The Labute approximate surface area is 186 Å². The lowest BCUT2D eigenvalue weighted by molar-refractivity contribution is 0.369. The first-order chi connectivity index (χ1) is 13.0. The van der Waals surface area contributed by atoms with Gasteiger partial charge in [0.2, 0.25) is 5.89 Å². The third-order valence-corrected chi connectivity index (χ3v) is 4.15. The normalized spacial score (nSPS) is 11.4. The maximum absolute atomic E-state index is 5.27. The predicted octanol–water partition coefficient (Wildman–Crippen LogP) is 4.16. The van der Waals surface area contributed by atoms with Gasteiger partial charge in [0.05, 0.1) is 0 Å². The van der Waals surface area contributed by atoms with Crippen molar-refractivity contribution in [3.05, 3.63) is 46.6 Å². The lowest BCUT2D eigenvalue weighted by Gasteiger charge is -2.12. The number of hydrogen-bond donors (Lipinski definition) is 2. The molecule has 0 saturated heterocycles. The maximum atomic E-state index is 5.27. The molecular weight excluding hydrogens is 465 g/mol. The monoisotopic (exact) mass is 499 g/mol.